The predicted molar refractivity (Wildman–Crippen MR) is 311 cm³/mol. The van der Waals surface area contributed by atoms with Crippen molar-refractivity contribution in [2.24, 2.45) is 35.5 Å². The monoisotopic (exact) mass is 999 g/mol. The van der Waals surface area contributed by atoms with Gasteiger partial charge in [0.1, 0.15) is 17.2 Å². The molecular formula is C66H111O4P. The molecule has 0 aromatic heterocycles. The molecule has 4 nitrogen and oxygen atoms in total. The maximum Gasteiger partial charge on any atom is 0.647 e. The number of benzene rings is 3. The first-order chi connectivity index (χ1) is 34.5. The average molecular weight is 1000 g/mol. The molecule has 0 aliphatic carbocycles. The maximum absolute atomic E-state index is 16.4. The van der Waals surface area contributed by atoms with E-state index in [0.717, 1.165) is 94.8 Å². The van der Waals surface area contributed by atoms with Gasteiger partial charge in [-0.2, -0.15) is 4.57 Å². The Kier molecular flexibility index (Phi) is 32.0. The van der Waals surface area contributed by atoms with E-state index in [1.807, 2.05) is 18.2 Å². The summed E-state index contributed by atoms with van der Waals surface area (Å²) in [6.07, 6.45) is 33.9. The lowest BCUT2D eigenvalue weighted by molar-refractivity contribution is 0.294. The molecule has 404 valence electrons. The first kappa shape index (κ1) is 62.6. The minimum absolute atomic E-state index is 0.658. The predicted octanol–water partition coefficient (Wildman–Crippen LogP) is 21.9. The molecule has 0 saturated heterocycles. The highest BCUT2D eigenvalue weighted by Gasteiger charge is 2.37. The van der Waals surface area contributed by atoms with Crippen molar-refractivity contribution in [3.05, 3.63) is 88.0 Å². The second-order valence-electron chi connectivity index (χ2n) is 21.9. The van der Waals surface area contributed by atoms with Crippen LogP contribution in [-0.2, 0) is 43.1 Å². The third kappa shape index (κ3) is 22.0. The second kappa shape index (κ2) is 36.3. The van der Waals surface area contributed by atoms with Gasteiger partial charge in [-0.25, -0.2) is 0 Å². The van der Waals surface area contributed by atoms with Crippen LogP contribution in [0.3, 0.4) is 0 Å². The van der Waals surface area contributed by atoms with Crippen molar-refractivity contribution in [2.75, 3.05) is 0 Å². The average Bonchev–Trinajstić information content (AvgIpc) is 3.38. The SMILES string of the molecule is CCC(CC)CCCc1cccc(OP(=O)(Oc2cccc(CCCC(CC)CC)c2CCCC(CC)CC)Oc2cccc(CCCC(CC)CC)c2CCCC(CC)CC)c1CCCC(CC)CC. The lowest BCUT2D eigenvalue weighted by Crippen LogP contribution is -2.13. The summed E-state index contributed by atoms with van der Waals surface area (Å²) in [7, 11) is -4.37. The summed E-state index contributed by atoms with van der Waals surface area (Å²) in [5, 5.41) is 0. The van der Waals surface area contributed by atoms with Crippen LogP contribution in [0.25, 0.3) is 0 Å². The minimum Gasteiger partial charge on any atom is -0.386 e. The highest BCUT2D eigenvalue weighted by atomic mass is 31.2. The van der Waals surface area contributed by atoms with Crippen LogP contribution in [0.15, 0.2) is 54.6 Å². The van der Waals surface area contributed by atoms with Crippen LogP contribution in [0.4, 0.5) is 0 Å². The Balaban J connectivity index is 2.28. The summed E-state index contributed by atoms with van der Waals surface area (Å²) in [4.78, 5) is 0. The van der Waals surface area contributed by atoms with E-state index in [4.69, 9.17) is 13.6 Å². The van der Waals surface area contributed by atoms with Gasteiger partial charge in [-0.1, -0.05) is 235 Å². The number of hydrogen-bond acceptors (Lipinski definition) is 4. The van der Waals surface area contributed by atoms with E-state index in [2.05, 4.69) is 119 Å². The highest BCUT2D eigenvalue weighted by molar-refractivity contribution is 7.49. The molecule has 0 atom stereocenters. The Morgan fingerprint density at radius 2 is 0.507 bits per heavy atom. The molecule has 5 heteroatoms. The smallest absolute Gasteiger partial charge is 0.386 e. The first-order valence-corrected chi connectivity index (χ1v) is 32.0. The van der Waals surface area contributed by atoms with Gasteiger partial charge in [-0.15, -0.1) is 0 Å². The van der Waals surface area contributed by atoms with Gasteiger partial charge in [0, 0.05) is 0 Å². The third-order valence-corrected chi connectivity index (χ3v) is 18.8. The number of rotatable bonds is 42. The van der Waals surface area contributed by atoms with Gasteiger partial charge in [0.25, 0.3) is 0 Å². The molecule has 0 N–H and O–H groups in total. The molecule has 3 aromatic carbocycles. The number of phosphoric acid groups is 1. The fraction of sp³-hybridized carbons (Fsp3) is 0.727. The molecule has 71 heavy (non-hydrogen) atoms. The van der Waals surface area contributed by atoms with Crippen LogP contribution in [0.1, 0.15) is 271 Å². The number of hydrogen-bond donors (Lipinski definition) is 0. The van der Waals surface area contributed by atoms with E-state index in [-0.39, 0.29) is 0 Å². The van der Waals surface area contributed by atoms with Crippen LogP contribution in [0.5, 0.6) is 17.2 Å². The summed E-state index contributed by atoms with van der Waals surface area (Å²) in [5.41, 5.74) is 7.47. The lowest BCUT2D eigenvalue weighted by atomic mass is 9.91. The molecule has 0 unspecified atom stereocenters. The quantitative estimate of drug-likeness (QED) is 0.0531. The number of aryl methyl sites for hydroxylation is 3. The Bertz CT molecular complexity index is 1650. The van der Waals surface area contributed by atoms with E-state index in [1.54, 1.807) is 0 Å². The summed E-state index contributed by atoms with van der Waals surface area (Å²) in [5.74, 6) is 6.32. The molecular weight excluding hydrogens is 888 g/mol. The zero-order valence-corrected chi connectivity index (χ0v) is 49.3. The standard InChI is InChI=1S/C66H111O4P/c1-13-52(14-2)34-25-40-58-43-31-49-64(61(58)46-28-37-55(19-7)20-8)68-71(67,69-65-50-32-44-59(41-26-35-53(15-3)16-4)62(65)47-29-38-56(21-9)22-10)70-66-51-33-45-60(42-27-36-54(17-5)18-6)63(66)48-30-39-57(23-11)24-12/h31-33,43-45,49-57H,13-30,34-42,46-48H2,1-12H3. The molecule has 0 amide bonds. The molecule has 0 aliphatic rings. The van der Waals surface area contributed by atoms with E-state index >= 15 is 4.57 Å². The normalized spacial score (nSPS) is 12.2. The van der Waals surface area contributed by atoms with Crippen LogP contribution < -0.4 is 13.6 Å². The van der Waals surface area contributed by atoms with Crippen molar-refractivity contribution in [3.63, 3.8) is 0 Å². The summed E-state index contributed by atoms with van der Waals surface area (Å²) in [6, 6.07) is 19.4. The van der Waals surface area contributed by atoms with Crippen molar-refractivity contribution in [3.8, 4) is 17.2 Å². The zero-order valence-electron chi connectivity index (χ0n) is 48.5. The van der Waals surface area contributed by atoms with Crippen LogP contribution >= 0.6 is 7.82 Å². The molecule has 0 heterocycles. The van der Waals surface area contributed by atoms with Crippen LogP contribution in [0, 0.1) is 35.5 Å². The minimum atomic E-state index is -4.37. The largest absolute Gasteiger partial charge is 0.647 e. The Morgan fingerprint density at radius 1 is 0.310 bits per heavy atom. The molecule has 3 aromatic rings. The van der Waals surface area contributed by atoms with E-state index in [1.165, 1.54) is 149 Å². The van der Waals surface area contributed by atoms with Gasteiger partial charge in [-0.3, -0.25) is 0 Å². The van der Waals surface area contributed by atoms with Gasteiger partial charge in [-0.05, 0) is 164 Å². The Labute approximate surface area is 440 Å². The van der Waals surface area contributed by atoms with E-state index < -0.39 is 7.82 Å². The molecule has 0 saturated carbocycles. The molecule has 0 spiro atoms. The lowest BCUT2D eigenvalue weighted by Gasteiger charge is -2.26. The van der Waals surface area contributed by atoms with Crippen LogP contribution in [0.2, 0.25) is 0 Å². The first-order valence-electron chi connectivity index (χ1n) is 30.5. The topological polar surface area (TPSA) is 44.8 Å². The molecule has 3 rings (SSSR count). The van der Waals surface area contributed by atoms with Crippen molar-refractivity contribution < 1.29 is 18.1 Å². The van der Waals surface area contributed by atoms with Crippen LogP contribution in [-0.4, -0.2) is 0 Å². The Morgan fingerprint density at radius 3 is 0.704 bits per heavy atom. The van der Waals surface area contributed by atoms with Gasteiger partial charge in [0.15, 0.2) is 0 Å². The third-order valence-electron chi connectivity index (χ3n) is 17.5. The fourth-order valence-electron chi connectivity index (χ4n) is 11.7. The Hall–Kier alpha value is -2.71. The molecule has 0 aliphatic heterocycles. The second-order valence-corrected chi connectivity index (χ2v) is 23.3. The van der Waals surface area contributed by atoms with Gasteiger partial charge in [0.05, 0.1) is 0 Å². The fourth-order valence-corrected chi connectivity index (χ4v) is 13.0. The molecule has 0 fully saturated rings. The van der Waals surface area contributed by atoms with Crippen molar-refractivity contribution in [2.45, 2.75) is 276 Å². The van der Waals surface area contributed by atoms with Crippen molar-refractivity contribution >= 4 is 7.82 Å². The summed E-state index contributed by atoms with van der Waals surface area (Å²) in [6.45, 7) is 27.9. The van der Waals surface area contributed by atoms with Crippen molar-refractivity contribution in [1.29, 1.82) is 0 Å². The van der Waals surface area contributed by atoms with Gasteiger partial charge < -0.3 is 13.6 Å². The molecule has 0 radical (unpaired) electrons. The van der Waals surface area contributed by atoms with Gasteiger partial charge in [0.2, 0.25) is 0 Å². The van der Waals surface area contributed by atoms with Gasteiger partial charge >= 0.3 is 7.82 Å². The van der Waals surface area contributed by atoms with E-state index in [9.17, 15) is 0 Å². The van der Waals surface area contributed by atoms with Crippen molar-refractivity contribution in [1.82, 2.24) is 0 Å². The maximum atomic E-state index is 16.4. The zero-order chi connectivity index (χ0) is 51.9. The summed E-state index contributed by atoms with van der Waals surface area (Å²) >= 11 is 0. The number of phosphoric ester groups is 1. The van der Waals surface area contributed by atoms with E-state index in [0.29, 0.717) is 35.0 Å². The summed E-state index contributed by atoms with van der Waals surface area (Å²) < 4.78 is 37.7. The highest BCUT2D eigenvalue weighted by Crippen LogP contribution is 2.53. The molecule has 0 bridgehead atoms.